The Labute approximate surface area is 145 Å². The van der Waals surface area contributed by atoms with E-state index in [2.05, 4.69) is 0 Å². The van der Waals surface area contributed by atoms with E-state index in [9.17, 15) is 29.4 Å². The monoisotopic (exact) mass is 350 g/mol. The minimum Gasteiger partial charge on any atom is -0.549 e. The number of hydrogen-bond donors (Lipinski definition) is 2. The summed E-state index contributed by atoms with van der Waals surface area (Å²) in [5.74, 6) is -5.03. The van der Waals surface area contributed by atoms with Gasteiger partial charge in [0.15, 0.2) is 0 Å². The van der Waals surface area contributed by atoms with Crippen LogP contribution >= 0.6 is 23.5 Å². The first kappa shape index (κ1) is 25.3. The summed E-state index contributed by atoms with van der Waals surface area (Å²) in [6.45, 7) is 2.85. The predicted octanol–water partition coefficient (Wildman–Crippen LogP) is -2.50. The summed E-state index contributed by atoms with van der Waals surface area (Å²) in [7, 11) is 0. The Hall–Kier alpha value is -0.654. The van der Waals surface area contributed by atoms with Crippen molar-refractivity contribution in [3.05, 3.63) is 0 Å². The van der Waals surface area contributed by atoms with Gasteiger partial charge in [0.05, 0.1) is 22.4 Å². The molecule has 0 rings (SSSR count). The maximum Gasteiger partial charge on any atom is 2.00 e. The number of carboxylic acids is 4. The van der Waals surface area contributed by atoms with E-state index in [1.807, 2.05) is 0 Å². The molecule has 0 amide bonds. The van der Waals surface area contributed by atoms with Crippen molar-refractivity contribution in [2.75, 3.05) is 11.5 Å². The van der Waals surface area contributed by atoms with Gasteiger partial charge in [-0.3, -0.25) is 9.59 Å². The van der Waals surface area contributed by atoms with Crippen molar-refractivity contribution in [3.63, 3.8) is 0 Å². The summed E-state index contributed by atoms with van der Waals surface area (Å²) < 4.78 is 0. The van der Waals surface area contributed by atoms with Crippen molar-refractivity contribution in [2.24, 2.45) is 0 Å². The van der Waals surface area contributed by atoms with Crippen LogP contribution in [0.1, 0.15) is 13.8 Å². The molecule has 0 aliphatic carbocycles. The Bertz CT molecular complexity index is 329. The van der Waals surface area contributed by atoms with E-state index in [0.717, 1.165) is 23.5 Å². The zero-order valence-electron chi connectivity index (χ0n) is 11.4. The minimum atomic E-state index is -1.24. The fourth-order valence-corrected chi connectivity index (χ4v) is 1.59. The Morgan fingerprint density at radius 1 is 0.857 bits per heavy atom. The third kappa shape index (κ3) is 19.3. The van der Waals surface area contributed by atoms with Gasteiger partial charge in [-0.15, -0.1) is 23.5 Å². The third-order valence-corrected chi connectivity index (χ3v) is 3.81. The van der Waals surface area contributed by atoms with Gasteiger partial charge in [-0.25, -0.2) is 0 Å². The van der Waals surface area contributed by atoms with E-state index in [-0.39, 0.29) is 34.6 Å². The third-order valence-electron chi connectivity index (χ3n) is 1.60. The minimum absolute atomic E-state index is 0. The van der Waals surface area contributed by atoms with Gasteiger partial charge in [-0.1, -0.05) is 0 Å². The largest absolute Gasteiger partial charge is 2.00 e. The van der Waals surface area contributed by atoms with Crippen LogP contribution in [-0.2, 0) is 19.2 Å². The van der Waals surface area contributed by atoms with Crippen LogP contribution in [0.5, 0.6) is 0 Å². The smallest absolute Gasteiger partial charge is 0.549 e. The number of carbonyl (C=O) groups is 4. The Balaban J connectivity index is -0.000000295. The second-order valence-corrected chi connectivity index (χ2v) is 5.99. The van der Waals surface area contributed by atoms with Crippen LogP contribution in [0.25, 0.3) is 0 Å². The number of aliphatic carboxylic acids is 4. The first-order valence-corrected chi connectivity index (χ1v) is 7.26. The van der Waals surface area contributed by atoms with E-state index < -0.39 is 34.4 Å². The van der Waals surface area contributed by atoms with E-state index >= 15 is 0 Å². The number of carboxylic acid groups (broad SMARTS) is 4. The Morgan fingerprint density at radius 3 is 1.24 bits per heavy atom. The van der Waals surface area contributed by atoms with Crippen LogP contribution in [0, 0.1) is 0 Å². The molecule has 11 heteroatoms. The second-order valence-electron chi connectivity index (χ2n) is 3.33. The van der Waals surface area contributed by atoms with Crippen molar-refractivity contribution in [1.29, 1.82) is 0 Å². The average molecular weight is 351 g/mol. The molecule has 0 heterocycles. The summed E-state index contributed by atoms with van der Waals surface area (Å²) in [5, 5.41) is 34.8. The summed E-state index contributed by atoms with van der Waals surface area (Å²) in [6.07, 6.45) is 0. The molecule has 2 atom stereocenters. The molecule has 0 aromatic heterocycles. The van der Waals surface area contributed by atoms with E-state index in [0.29, 0.717) is 0 Å². The van der Waals surface area contributed by atoms with E-state index in [1.165, 1.54) is 13.8 Å². The molecule has 21 heavy (non-hydrogen) atoms. The molecule has 2 unspecified atom stereocenters. The second kappa shape index (κ2) is 14.3. The average Bonchev–Trinajstić information content (AvgIpc) is 2.33. The molecule has 8 nitrogen and oxygen atoms in total. The molecule has 0 radical (unpaired) electrons. The van der Waals surface area contributed by atoms with Gasteiger partial charge in [0.2, 0.25) is 0 Å². The summed E-state index contributed by atoms with van der Waals surface area (Å²) in [4.78, 5) is 39.8. The molecule has 0 bridgehead atoms. The molecule has 0 aliphatic rings. The van der Waals surface area contributed by atoms with Crippen molar-refractivity contribution in [3.8, 4) is 0 Å². The first-order chi connectivity index (χ1) is 9.07. The standard InChI is InChI=1S/2C5H8O4S.Mg/c2*1-3(5(8)9)10-2-4(6)7;/h2*3H,2H2,1H3,(H,6,7)(H,8,9);/q;;+2/p-2. The normalized spacial score (nSPS) is 11.9. The zero-order chi connectivity index (χ0) is 16.3. The number of thioether (sulfide) groups is 2. The SMILES string of the molecule is CC(SCC(=O)[O-])C(=O)O.CC(SCC(=O)[O-])C(=O)O.[Mg+2]. The Kier molecular flexibility index (Phi) is 17.2. The van der Waals surface area contributed by atoms with Crippen molar-refractivity contribution >= 4 is 70.5 Å². The molecule has 0 fully saturated rings. The quantitative estimate of drug-likeness (QED) is 0.449. The van der Waals surface area contributed by atoms with E-state index in [1.54, 1.807) is 0 Å². The predicted molar refractivity (Wildman–Crippen MR) is 74.9 cm³/mol. The maximum atomic E-state index is 10.1. The molecule has 0 aromatic rings. The fraction of sp³-hybridized carbons (Fsp3) is 0.600. The van der Waals surface area contributed by atoms with Gasteiger partial charge in [0, 0.05) is 11.5 Å². The van der Waals surface area contributed by atoms with Crippen LogP contribution in [0.4, 0.5) is 0 Å². The summed E-state index contributed by atoms with van der Waals surface area (Å²) >= 11 is 1.66. The molecular weight excluding hydrogens is 337 g/mol. The summed E-state index contributed by atoms with van der Waals surface area (Å²) in [6, 6.07) is 0. The molecule has 2 N–H and O–H groups in total. The van der Waals surface area contributed by atoms with Crippen LogP contribution < -0.4 is 10.2 Å². The van der Waals surface area contributed by atoms with Gasteiger partial charge in [-0.2, -0.15) is 0 Å². The molecule has 0 saturated heterocycles. The summed E-state index contributed by atoms with van der Waals surface area (Å²) in [5.41, 5.74) is 0. The maximum absolute atomic E-state index is 10.1. The van der Waals surface area contributed by atoms with Crippen LogP contribution in [0.3, 0.4) is 0 Å². The molecule has 116 valence electrons. The van der Waals surface area contributed by atoms with E-state index in [4.69, 9.17) is 10.2 Å². The van der Waals surface area contributed by atoms with Crippen LogP contribution in [-0.4, -0.2) is 79.1 Å². The molecule has 0 saturated carbocycles. The zero-order valence-corrected chi connectivity index (χ0v) is 14.5. The first-order valence-electron chi connectivity index (χ1n) is 5.16. The molecule has 0 spiro atoms. The van der Waals surface area contributed by atoms with Gasteiger partial charge < -0.3 is 30.0 Å². The molecule has 0 aliphatic heterocycles. The topological polar surface area (TPSA) is 155 Å². The van der Waals surface area contributed by atoms with Gasteiger partial charge >= 0.3 is 35.0 Å². The fourth-order valence-electron chi connectivity index (χ4n) is 0.529. The van der Waals surface area contributed by atoms with Gasteiger partial charge in [0.25, 0.3) is 0 Å². The van der Waals surface area contributed by atoms with Crippen molar-refractivity contribution in [2.45, 2.75) is 24.3 Å². The van der Waals surface area contributed by atoms with Crippen LogP contribution in [0.2, 0.25) is 0 Å². The number of rotatable bonds is 8. The Morgan fingerprint density at radius 2 is 1.10 bits per heavy atom. The van der Waals surface area contributed by atoms with Crippen LogP contribution in [0.15, 0.2) is 0 Å². The van der Waals surface area contributed by atoms with Crippen molar-refractivity contribution < 1.29 is 39.6 Å². The molecular formula is C10H14MgO8S2. The number of carbonyl (C=O) groups excluding carboxylic acids is 2. The van der Waals surface area contributed by atoms with Gasteiger partial charge in [-0.05, 0) is 13.8 Å². The van der Waals surface area contributed by atoms with Gasteiger partial charge in [0.1, 0.15) is 0 Å². The van der Waals surface area contributed by atoms with Crippen molar-refractivity contribution in [1.82, 2.24) is 0 Å². The molecule has 0 aromatic carbocycles. The number of hydrogen-bond acceptors (Lipinski definition) is 8.